The molecule has 0 radical (unpaired) electrons. The number of carboxylic acids is 1. The predicted octanol–water partition coefficient (Wildman–Crippen LogP) is 2.00. The van der Waals surface area contributed by atoms with E-state index in [4.69, 9.17) is 5.11 Å². The number of carbonyl (C=O) groups is 2. The summed E-state index contributed by atoms with van der Waals surface area (Å²) in [5, 5.41) is 13.0. The van der Waals surface area contributed by atoms with Gasteiger partial charge < -0.3 is 15.4 Å². The van der Waals surface area contributed by atoms with E-state index in [0.29, 0.717) is 25.8 Å². The number of hydrogen-bond donors (Lipinski definition) is 3. The van der Waals surface area contributed by atoms with Crippen molar-refractivity contribution in [3.63, 3.8) is 0 Å². The van der Waals surface area contributed by atoms with Gasteiger partial charge in [-0.15, -0.1) is 0 Å². The third kappa shape index (κ3) is 2.28. The van der Waals surface area contributed by atoms with Gasteiger partial charge in [0.2, 0.25) is 5.91 Å². The third-order valence-electron chi connectivity index (χ3n) is 4.27. The van der Waals surface area contributed by atoms with Crippen molar-refractivity contribution in [1.82, 2.24) is 10.3 Å². The Bertz CT molecular complexity index is 713. The number of carbonyl (C=O) groups excluding carboxylic acids is 1. The van der Waals surface area contributed by atoms with E-state index in [0.717, 1.165) is 11.1 Å². The van der Waals surface area contributed by atoms with E-state index < -0.39 is 11.4 Å². The molecule has 1 heterocycles. The van der Waals surface area contributed by atoms with Crippen LogP contribution in [0.4, 0.5) is 0 Å². The molecule has 0 atom stereocenters. The number of aryl methyl sites for hydroxylation is 1. The number of H-pyrrole nitrogens is 1. The highest BCUT2D eigenvalue weighted by atomic mass is 16.4. The second-order valence-corrected chi connectivity index (χ2v) is 5.70. The summed E-state index contributed by atoms with van der Waals surface area (Å²) in [6, 6.07) is 6.08. The molecule has 1 amide bonds. The highest BCUT2D eigenvalue weighted by molar-refractivity contribution is 6.04. The lowest BCUT2D eigenvalue weighted by molar-refractivity contribution is -0.149. The zero-order valence-corrected chi connectivity index (χ0v) is 11.9. The smallest absolute Gasteiger partial charge is 0.319 e. The fraction of sp³-hybridized carbons (Fsp3) is 0.375. The molecule has 3 rings (SSSR count). The SMILES string of the molecule is Cc1cccc2[nH]cc(CCNC(=O)C3(C(=O)O)CC3)c12. The number of aromatic nitrogens is 1. The minimum absolute atomic E-state index is 0.355. The fourth-order valence-electron chi connectivity index (χ4n) is 2.79. The molecule has 0 aliphatic heterocycles. The molecule has 1 aliphatic rings. The Labute approximate surface area is 122 Å². The second-order valence-electron chi connectivity index (χ2n) is 5.70. The van der Waals surface area contributed by atoms with Gasteiger partial charge in [0.25, 0.3) is 0 Å². The standard InChI is InChI=1S/C16H18N2O3/c1-10-3-2-4-12-13(10)11(9-18-12)5-8-17-14(19)16(6-7-16)15(20)21/h2-4,9,18H,5-8H2,1H3,(H,17,19)(H,20,21). The van der Waals surface area contributed by atoms with E-state index >= 15 is 0 Å². The van der Waals surface area contributed by atoms with Gasteiger partial charge in [-0.05, 0) is 43.4 Å². The number of rotatable bonds is 5. The van der Waals surface area contributed by atoms with Crippen molar-refractivity contribution in [2.45, 2.75) is 26.2 Å². The molecule has 3 N–H and O–H groups in total. The molecule has 2 aromatic rings. The van der Waals surface area contributed by atoms with Gasteiger partial charge in [0, 0.05) is 23.6 Å². The molecule has 1 aromatic heterocycles. The van der Waals surface area contributed by atoms with Gasteiger partial charge in [0.1, 0.15) is 5.41 Å². The largest absolute Gasteiger partial charge is 0.480 e. The number of aliphatic carboxylic acids is 1. The van der Waals surface area contributed by atoms with Crippen LogP contribution < -0.4 is 5.32 Å². The molecule has 0 unspecified atom stereocenters. The van der Waals surface area contributed by atoms with Crippen LogP contribution in [-0.2, 0) is 16.0 Å². The summed E-state index contributed by atoms with van der Waals surface area (Å²) in [5.41, 5.74) is 2.26. The number of carboxylic acid groups (broad SMARTS) is 1. The Morgan fingerprint density at radius 2 is 2.14 bits per heavy atom. The Morgan fingerprint density at radius 3 is 2.81 bits per heavy atom. The Kier molecular flexibility index (Phi) is 3.20. The van der Waals surface area contributed by atoms with Crippen LogP contribution in [-0.4, -0.2) is 28.5 Å². The average Bonchev–Trinajstić information content (AvgIpc) is 3.16. The van der Waals surface area contributed by atoms with E-state index in [1.165, 1.54) is 10.9 Å². The molecule has 0 saturated heterocycles. The van der Waals surface area contributed by atoms with Crippen molar-refractivity contribution < 1.29 is 14.7 Å². The van der Waals surface area contributed by atoms with Crippen LogP contribution in [0, 0.1) is 12.3 Å². The normalized spacial score (nSPS) is 15.9. The highest BCUT2D eigenvalue weighted by Gasteiger charge is 2.56. The van der Waals surface area contributed by atoms with Crippen LogP contribution >= 0.6 is 0 Å². The van der Waals surface area contributed by atoms with E-state index in [1.54, 1.807) is 0 Å². The van der Waals surface area contributed by atoms with Gasteiger partial charge >= 0.3 is 5.97 Å². The van der Waals surface area contributed by atoms with Crippen molar-refractivity contribution in [2.24, 2.45) is 5.41 Å². The molecule has 1 aliphatic carbocycles. The van der Waals surface area contributed by atoms with Crippen LogP contribution in [0.1, 0.15) is 24.0 Å². The summed E-state index contributed by atoms with van der Waals surface area (Å²) in [5.74, 6) is -1.37. The van der Waals surface area contributed by atoms with Crippen molar-refractivity contribution in [2.75, 3.05) is 6.54 Å². The maximum absolute atomic E-state index is 11.9. The predicted molar refractivity (Wildman–Crippen MR) is 79.1 cm³/mol. The van der Waals surface area contributed by atoms with Crippen molar-refractivity contribution in [3.05, 3.63) is 35.5 Å². The molecule has 1 saturated carbocycles. The van der Waals surface area contributed by atoms with Crippen LogP contribution in [0.3, 0.4) is 0 Å². The first-order valence-electron chi connectivity index (χ1n) is 7.12. The monoisotopic (exact) mass is 286 g/mol. The summed E-state index contributed by atoms with van der Waals surface area (Å²) >= 11 is 0. The molecule has 1 aromatic carbocycles. The average molecular weight is 286 g/mol. The van der Waals surface area contributed by atoms with Crippen molar-refractivity contribution in [3.8, 4) is 0 Å². The lowest BCUT2D eigenvalue weighted by Gasteiger charge is -2.10. The van der Waals surface area contributed by atoms with E-state index in [-0.39, 0.29) is 5.91 Å². The fourth-order valence-corrected chi connectivity index (χ4v) is 2.79. The first-order chi connectivity index (χ1) is 10.0. The van der Waals surface area contributed by atoms with Gasteiger partial charge in [0.15, 0.2) is 0 Å². The van der Waals surface area contributed by atoms with E-state index in [2.05, 4.69) is 23.3 Å². The first-order valence-corrected chi connectivity index (χ1v) is 7.12. The van der Waals surface area contributed by atoms with Gasteiger partial charge in [-0.3, -0.25) is 9.59 Å². The van der Waals surface area contributed by atoms with E-state index in [9.17, 15) is 9.59 Å². The van der Waals surface area contributed by atoms with Gasteiger partial charge in [-0.25, -0.2) is 0 Å². The topological polar surface area (TPSA) is 82.2 Å². The molecule has 1 fully saturated rings. The number of benzene rings is 1. The van der Waals surface area contributed by atoms with E-state index in [1.807, 2.05) is 18.3 Å². The number of nitrogens with one attached hydrogen (secondary N) is 2. The molecule has 21 heavy (non-hydrogen) atoms. The Morgan fingerprint density at radius 1 is 1.38 bits per heavy atom. The zero-order valence-electron chi connectivity index (χ0n) is 11.9. The van der Waals surface area contributed by atoms with Crippen molar-refractivity contribution >= 4 is 22.8 Å². The lowest BCUT2D eigenvalue weighted by Crippen LogP contribution is -2.37. The Balaban J connectivity index is 1.65. The minimum atomic E-state index is -1.16. The molecule has 5 heteroatoms. The van der Waals surface area contributed by atoms with Crippen LogP contribution in [0.25, 0.3) is 10.9 Å². The second kappa shape index (κ2) is 4.91. The summed E-state index contributed by atoms with van der Waals surface area (Å²) < 4.78 is 0. The maximum Gasteiger partial charge on any atom is 0.319 e. The van der Waals surface area contributed by atoms with Gasteiger partial charge in [-0.1, -0.05) is 12.1 Å². The molecule has 0 bridgehead atoms. The van der Waals surface area contributed by atoms with Gasteiger partial charge in [0.05, 0.1) is 0 Å². The third-order valence-corrected chi connectivity index (χ3v) is 4.27. The quantitative estimate of drug-likeness (QED) is 0.735. The van der Waals surface area contributed by atoms with Crippen LogP contribution in [0.15, 0.2) is 24.4 Å². The number of aromatic amines is 1. The number of fused-ring (bicyclic) bond motifs is 1. The summed E-state index contributed by atoms with van der Waals surface area (Å²) in [6.45, 7) is 2.51. The minimum Gasteiger partial charge on any atom is -0.480 e. The molecular formula is C16H18N2O3. The summed E-state index contributed by atoms with van der Waals surface area (Å²) in [4.78, 5) is 26.2. The molecular weight excluding hydrogens is 268 g/mol. The molecule has 110 valence electrons. The van der Waals surface area contributed by atoms with Crippen LogP contribution in [0.5, 0.6) is 0 Å². The Hall–Kier alpha value is -2.30. The lowest BCUT2D eigenvalue weighted by atomic mass is 10.0. The van der Waals surface area contributed by atoms with Gasteiger partial charge in [-0.2, -0.15) is 0 Å². The van der Waals surface area contributed by atoms with Crippen LogP contribution in [0.2, 0.25) is 0 Å². The molecule has 5 nitrogen and oxygen atoms in total. The summed E-state index contributed by atoms with van der Waals surface area (Å²) in [6.07, 6.45) is 3.53. The maximum atomic E-state index is 11.9. The highest BCUT2D eigenvalue weighted by Crippen LogP contribution is 2.46. The first kappa shape index (κ1) is 13.7. The summed E-state index contributed by atoms with van der Waals surface area (Å²) in [7, 11) is 0. The molecule has 0 spiro atoms. The number of amides is 1. The zero-order chi connectivity index (χ0) is 15.0. The number of hydrogen-bond acceptors (Lipinski definition) is 2. The van der Waals surface area contributed by atoms with Crippen molar-refractivity contribution in [1.29, 1.82) is 0 Å².